The van der Waals surface area contributed by atoms with Crippen LogP contribution in [0, 0.1) is 18.4 Å². The van der Waals surface area contributed by atoms with E-state index in [-0.39, 0.29) is 5.91 Å². The summed E-state index contributed by atoms with van der Waals surface area (Å²) in [5.74, 6) is 3.57. The van der Waals surface area contributed by atoms with Crippen LogP contribution >= 0.6 is 15.9 Å². The second kappa shape index (κ2) is 5.68. The third-order valence-electron chi connectivity index (χ3n) is 2.13. The van der Waals surface area contributed by atoms with Crippen molar-refractivity contribution >= 4 is 35.7 Å². The zero-order chi connectivity index (χ0) is 13.9. The smallest absolute Gasteiger partial charge is 0.222 e. The minimum atomic E-state index is -1.46. The molecule has 0 aromatic carbocycles. The topological polar surface area (TPSA) is 42.0 Å². The van der Waals surface area contributed by atoms with Gasteiger partial charge in [-0.2, -0.15) is 0 Å². The van der Waals surface area contributed by atoms with E-state index in [0.29, 0.717) is 5.82 Å². The van der Waals surface area contributed by atoms with E-state index in [1.165, 1.54) is 6.92 Å². The number of nitrogens with one attached hydrogen (secondary N) is 1. The zero-order valence-electron chi connectivity index (χ0n) is 11.3. The summed E-state index contributed by atoms with van der Waals surface area (Å²) in [6, 6.07) is 0. The number of carbonyl (C=O) groups excluding carboxylic acids is 1. The van der Waals surface area contributed by atoms with Gasteiger partial charge in [-0.15, -0.1) is 5.54 Å². The molecule has 0 fully saturated rings. The van der Waals surface area contributed by atoms with Crippen molar-refractivity contribution < 1.29 is 4.79 Å². The fourth-order valence-corrected chi connectivity index (χ4v) is 2.04. The molecule has 0 saturated carbocycles. The summed E-state index contributed by atoms with van der Waals surface area (Å²) in [4.78, 5) is 15.4. The monoisotopic (exact) mass is 324 g/mol. The van der Waals surface area contributed by atoms with Crippen molar-refractivity contribution in [3.8, 4) is 11.5 Å². The number of halogens is 1. The number of hydrogen-bond donors (Lipinski definition) is 1. The molecule has 18 heavy (non-hydrogen) atoms. The average molecular weight is 325 g/mol. The molecule has 1 N–H and O–H groups in total. The van der Waals surface area contributed by atoms with E-state index in [1.54, 1.807) is 6.20 Å². The van der Waals surface area contributed by atoms with Crippen LogP contribution in [0.3, 0.4) is 0 Å². The van der Waals surface area contributed by atoms with Gasteiger partial charge >= 0.3 is 0 Å². The molecule has 3 nitrogen and oxygen atoms in total. The van der Waals surface area contributed by atoms with Gasteiger partial charge in [-0.3, -0.25) is 4.79 Å². The van der Waals surface area contributed by atoms with Crippen LogP contribution < -0.4 is 5.32 Å². The van der Waals surface area contributed by atoms with Crippen molar-refractivity contribution in [2.24, 2.45) is 0 Å². The SMILES string of the molecule is CC(=O)Nc1ncc(Br)c(C)c1C#C[Si](C)(C)C. The Morgan fingerprint density at radius 3 is 2.56 bits per heavy atom. The molecule has 0 aliphatic carbocycles. The average Bonchev–Trinajstić information content (AvgIpc) is 2.21. The van der Waals surface area contributed by atoms with Crippen molar-refractivity contribution in [2.45, 2.75) is 33.5 Å². The van der Waals surface area contributed by atoms with Gasteiger partial charge in [0.25, 0.3) is 0 Å². The zero-order valence-corrected chi connectivity index (χ0v) is 13.9. The molecule has 5 heteroatoms. The number of aromatic nitrogens is 1. The number of hydrogen-bond acceptors (Lipinski definition) is 2. The lowest BCUT2D eigenvalue weighted by atomic mass is 10.1. The highest BCUT2D eigenvalue weighted by Crippen LogP contribution is 2.23. The van der Waals surface area contributed by atoms with Crippen LogP contribution in [0.15, 0.2) is 10.7 Å². The Labute approximate surface area is 118 Å². The maximum absolute atomic E-state index is 11.2. The number of anilines is 1. The molecule has 0 atom stereocenters. The summed E-state index contributed by atoms with van der Waals surface area (Å²) in [6.45, 7) is 9.97. The summed E-state index contributed by atoms with van der Waals surface area (Å²) >= 11 is 3.44. The first-order valence-electron chi connectivity index (χ1n) is 5.66. The molecule has 1 aromatic rings. The fraction of sp³-hybridized carbons (Fsp3) is 0.385. The fourth-order valence-electron chi connectivity index (χ4n) is 1.24. The first-order chi connectivity index (χ1) is 8.20. The van der Waals surface area contributed by atoms with E-state index in [4.69, 9.17) is 0 Å². The van der Waals surface area contributed by atoms with Gasteiger partial charge in [-0.1, -0.05) is 25.6 Å². The Bertz CT molecular complexity index is 538. The molecule has 96 valence electrons. The third-order valence-corrected chi connectivity index (χ3v) is 3.81. The molecule has 1 aromatic heterocycles. The molecular formula is C13H17BrN2OSi. The lowest BCUT2D eigenvalue weighted by Gasteiger charge is -2.09. The van der Waals surface area contributed by atoms with E-state index in [0.717, 1.165) is 15.6 Å². The standard InChI is InChI=1S/C13H17BrN2OSi/c1-9-11(6-7-18(3,4)5)13(16-10(2)17)15-8-12(9)14/h8H,1-5H3,(H,15,16,17). The highest BCUT2D eigenvalue weighted by Gasteiger charge is 2.12. The van der Waals surface area contributed by atoms with Crippen LogP contribution in [0.25, 0.3) is 0 Å². The molecular weight excluding hydrogens is 308 g/mol. The van der Waals surface area contributed by atoms with Gasteiger partial charge < -0.3 is 5.32 Å². The minimum absolute atomic E-state index is 0.139. The maximum Gasteiger partial charge on any atom is 0.222 e. The van der Waals surface area contributed by atoms with Crippen molar-refractivity contribution in [1.29, 1.82) is 0 Å². The molecule has 0 radical (unpaired) electrons. The number of pyridine rings is 1. The first kappa shape index (κ1) is 14.9. The molecule has 1 rings (SSSR count). The van der Waals surface area contributed by atoms with Gasteiger partial charge in [-0.05, 0) is 28.4 Å². The lowest BCUT2D eigenvalue weighted by Crippen LogP contribution is -2.17. The molecule has 1 amide bonds. The molecule has 0 saturated heterocycles. The quantitative estimate of drug-likeness (QED) is 0.636. The highest BCUT2D eigenvalue weighted by atomic mass is 79.9. The largest absolute Gasteiger partial charge is 0.310 e. The normalized spacial score (nSPS) is 10.6. The number of amides is 1. The van der Waals surface area contributed by atoms with Gasteiger partial charge in [0.1, 0.15) is 13.9 Å². The van der Waals surface area contributed by atoms with E-state index in [1.807, 2.05) is 6.92 Å². The summed E-state index contributed by atoms with van der Waals surface area (Å²) in [5, 5.41) is 2.72. The molecule has 0 spiro atoms. The van der Waals surface area contributed by atoms with E-state index < -0.39 is 8.07 Å². The van der Waals surface area contributed by atoms with Crippen LogP contribution in [0.2, 0.25) is 19.6 Å². The maximum atomic E-state index is 11.2. The number of rotatable bonds is 1. The summed E-state index contributed by atoms with van der Waals surface area (Å²) in [6.07, 6.45) is 1.68. The summed E-state index contributed by atoms with van der Waals surface area (Å²) < 4.78 is 0.900. The predicted octanol–water partition coefficient (Wildman–Crippen LogP) is 3.34. The third kappa shape index (κ3) is 4.28. The molecule has 0 aliphatic heterocycles. The van der Waals surface area contributed by atoms with Crippen molar-refractivity contribution in [2.75, 3.05) is 5.32 Å². The Balaban J connectivity index is 3.32. The Hall–Kier alpha value is -1.12. The van der Waals surface area contributed by atoms with Crippen molar-refractivity contribution in [3.05, 3.63) is 21.8 Å². The second-order valence-electron chi connectivity index (χ2n) is 5.14. The summed E-state index contributed by atoms with van der Waals surface area (Å²) in [7, 11) is -1.46. The highest BCUT2D eigenvalue weighted by molar-refractivity contribution is 9.10. The second-order valence-corrected chi connectivity index (χ2v) is 10.7. The lowest BCUT2D eigenvalue weighted by molar-refractivity contribution is -0.114. The molecule has 0 unspecified atom stereocenters. The van der Waals surface area contributed by atoms with Crippen molar-refractivity contribution in [1.82, 2.24) is 4.98 Å². The van der Waals surface area contributed by atoms with Gasteiger partial charge in [0.05, 0.1) is 5.56 Å². The number of nitrogens with zero attached hydrogens (tertiary/aromatic N) is 1. The van der Waals surface area contributed by atoms with Gasteiger partial charge in [-0.25, -0.2) is 4.98 Å². The minimum Gasteiger partial charge on any atom is -0.310 e. The van der Waals surface area contributed by atoms with Crippen LogP contribution in [0.5, 0.6) is 0 Å². The van der Waals surface area contributed by atoms with E-state index in [2.05, 4.69) is 57.3 Å². The van der Waals surface area contributed by atoms with E-state index in [9.17, 15) is 4.79 Å². The first-order valence-corrected chi connectivity index (χ1v) is 9.96. The Morgan fingerprint density at radius 2 is 2.06 bits per heavy atom. The Morgan fingerprint density at radius 1 is 1.44 bits per heavy atom. The van der Waals surface area contributed by atoms with Crippen LogP contribution in [0.1, 0.15) is 18.1 Å². The van der Waals surface area contributed by atoms with E-state index >= 15 is 0 Å². The van der Waals surface area contributed by atoms with Gasteiger partial charge in [0.2, 0.25) is 5.91 Å². The molecule has 0 bridgehead atoms. The molecule has 0 aliphatic rings. The number of carbonyl (C=O) groups is 1. The van der Waals surface area contributed by atoms with Crippen molar-refractivity contribution in [3.63, 3.8) is 0 Å². The molecule has 1 heterocycles. The van der Waals surface area contributed by atoms with Gasteiger partial charge in [0.15, 0.2) is 0 Å². The Kier molecular flexibility index (Phi) is 4.71. The van der Waals surface area contributed by atoms with Crippen LogP contribution in [-0.4, -0.2) is 19.0 Å². The predicted molar refractivity (Wildman–Crippen MR) is 81.2 cm³/mol. The van der Waals surface area contributed by atoms with Crippen LogP contribution in [-0.2, 0) is 4.79 Å². The summed E-state index contributed by atoms with van der Waals surface area (Å²) in [5.41, 5.74) is 5.09. The van der Waals surface area contributed by atoms with Gasteiger partial charge in [0, 0.05) is 17.6 Å². The van der Waals surface area contributed by atoms with Crippen LogP contribution in [0.4, 0.5) is 5.82 Å².